The SMILES string of the molecule is CC(=O)c1ccc(C(=O)N(C)CCNC(=O)OCc2ccccc2)c(O)c1. The number of aromatic hydroxyl groups is 1. The van der Waals surface area contributed by atoms with Crippen LogP contribution < -0.4 is 5.32 Å². The number of alkyl carbamates (subject to hydrolysis) is 1. The number of phenols is 1. The molecule has 0 spiro atoms. The molecule has 0 radical (unpaired) electrons. The van der Waals surface area contributed by atoms with Crippen molar-refractivity contribution >= 4 is 17.8 Å². The van der Waals surface area contributed by atoms with E-state index >= 15 is 0 Å². The standard InChI is InChI=1S/C20H22N2O5/c1-14(23)16-8-9-17(18(24)12-16)19(25)22(2)11-10-21-20(26)27-13-15-6-4-3-5-7-15/h3-9,12,24H,10-11,13H2,1-2H3,(H,21,26). The van der Waals surface area contributed by atoms with Crippen LogP contribution >= 0.6 is 0 Å². The van der Waals surface area contributed by atoms with Crippen LogP contribution in [0.4, 0.5) is 4.79 Å². The Bertz CT molecular complexity index is 820. The fourth-order valence-corrected chi connectivity index (χ4v) is 2.34. The topological polar surface area (TPSA) is 95.9 Å². The Morgan fingerprint density at radius 3 is 2.44 bits per heavy atom. The van der Waals surface area contributed by atoms with Crippen molar-refractivity contribution in [3.63, 3.8) is 0 Å². The molecule has 0 fully saturated rings. The zero-order chi connectivity index (χ0) is 19.8. The largest absolute Gasteiger partial charge is 0.507 e. The summed E-state index contributed by atoms with van der Waals surface area (Å²) in [7, 11) is 1.55. The first-order valence-electron chi connectivity index (χ1n) is 8.42. The van der Waals surface area contributed by atoms with Crippen LogP contribution in [0.2, 0.25) is 0 Å². The number of nitrogens with one attached hydrogen (secondary N) is 1. The molecule has 2 N–H and O–H groups in total. The minimum absolute atomic E-state index is 0.0918. The van der Waals surface area contributed by atoms with Gasteiger partial charge in [0.05, 0.1) is 5.56 Å². The zero-order valence-electron chi connectivity index (χ0n) is 15.3. The number of ketones is 1. The van der Waals surface area contributed by atoms with E-state index in [0.717, 1.165) is 5.56 Å². The highest BCUT2D eigenvalue weighted by Gasteiger charge is 2.17. The van der Waals surface area contributed by atoms with Crippen molar-refractivity contribution in [2.24, 2.45) is 0 Å². The van der Waals surface area contributed by atoms with Crippen LogP contribution in [0.15, 0.2) is 48.5 Å². The number of phenolic OH excluding ortho intramolecular Hbond substituents is 1. The molecule has 2 rings (SSSR count). The summed E-state index contributed by atoms with van der Waals surface area (Å²) >= 11 is 0. The van der Waals surface area contributed by atoms with Crippen LogP contribution in [0.1, 0.15) is 33.2 Å². The van der Waals surface area contributed by atoms with Crippen molar-refractivity contribution in [2.45, 2.75) is 13.5 Å². The van der Waals surface area contributed by atoms with Gasteiger partial charge in [-0.15, -0.1) is 0 Å². The van der Waals surface area contributed by atoms with E-state index in [4.69, 9.17) is 4.74 Å². The first-order valence-corrected chi connectivity index (χ1v) is 8.42. The molecule has 0 bridgehead atoms. The molecule has 0 aliphatic rings. The normalized spacial score (nSPS) is 10.1. The van der Waals surface area contributed by atoms with Gasteiger partial charge in [0.25, 0.3) is 5.91 Å². The molecule has 2 amide bonds. The molecule has 0 saturated heterocycles. The van der Waals surface area contributed by atoms with E-state index in [2.05, 4.69) is 5.32 Å². The lowest BCUT2D eigenvalue weighted by molar-refractivity contribution is 0.0789. The highest BCUT2D eigenvalue weighted by atomic mass is 16.5. The fraction of sp³-hybridized carbons (Fsp3) is 0.250. The maximum absolute atomic E-state index is 12.4. The first-order chi connectivity index (χ1) is 12.9. The molecule has 7 nitrogen and oxygen atoms in total. The predicted octanol–water partition coefficient (Wildman–Crippen LogP) is 2.59. The fourth-order valence-electron chi connectivity index (χ4n) is 2.34. The summed E-state index contributed by atoms with van der Waals surface area (Å²) < 4.78 is 5.08. The Balaban J connectivity index is 1.79. The number of rotatable bonds is 7. The summed E-state index contributed by atoms with van der Waals surface area (Å²) in [5.74, 6) is -0.868. The number of nitrogens with zero attached hydrogens (tertiary/aromatic N) is 1. The van der Waals surface area contributed by atoms with Gasteiger partial charge in [-0.1, -0.05) is 36.4 Å². The molecule has 0 heterocycles. The average Bonchev–Trinajstić information content (AvgIpc) is 2.66. The van der Waals surface area contributed by atoms with E-state index in [1.165, 1.54) is 30.0 Å². The Kier molecular flexibility index (Phi) is 6.93. The van der Waals surface area contributed by atoms with Crippen molar-refractivity contribution in [1.82, 2.24) is 10.2 Å². The van der Waals surface area contributed by atoms with Gasteiger partial charge < -0.3 is 20.1 Å². The van der Waals surface area contributed by atoms with Crippen molar-refractivity contribution in [3.05, 3.63) is 65.2 Å². The lowest BCUT2D eigenvalue weighted by atomic mass is 10.1. The summed E-state index contributed by atoms with van der Waals surface area (Å²) in [6.07, 6.45) is -0.576. The molecule has 0 aromatic heterocycles. The number of carbonyl (C=O) groups is 3. The van der Waals surface area contributed by atoms with Gasteiger partial charge >= 0.3 is 6.09 Å². The summed E-state index contributed by atoms with van der Waals surface area (Å²) in [4.78, 5) is 36.7. The summed E-state index contributed by atoms with van der Waals surface area (Å²) in [6.45, 7) is 1.97. The zero-order valence-corrected chi connectivity index (χ0v) is 15.3. The maximum atomic E-state index is 12.4. The van der Waals surface area contributed by atoms with Gasteiger partial charge in [0.15, 0.2) is 5.78 Å². The van der Waals surface area contributed by atoms with Crippen LogP contribution in [-0.2, 0) is 11.3 Å². The van der Waals surface area contributed by atoms with E-state index in [9.17, 15) is 19.5 Å². The molecule has 0 atom stereocenters. The third-order valence-electron chi connectivity index (χ3n) is 3.91. The van der Waals surface area contributed by atoms with Crippen LogP contribution in [0.5, 0.6) is 5.75 Å². The number of ether oxygens (including phenoxy) is 1. The van der Waals surface area contributed by atoms with Gasteiger partial charge in [-0.05, 0) is 24.6 Å². The van der Waals surface area contributed by atoms with Crippen molar-refractivity contribution < 1.29 is 24.2 Å². The van der Waals surface area contributed by atoms with Gasteiger partial charge in [-0.25, -0.2) is 4.79 Å². The van der Waals surface area contributed by atoms with Crippen molar-refractivity contribution in [1.29, 1.82) is 0 Å². The molecule has 7 heteroatoms. The Morgan fingerprint density at radius 1 is 1.11 bits per heavy atom. The van der Waals surface area contributed by atoms with Crippen LogP contribution in [0, 0.1) is 0 Å². The second-order valence-corrected chi connectivity index (χ2v) is 6.00. The second-order valence-electron chi connectivity index (χ2n) is 6.00. The number of amides is 2. The number of carbonyl (C=O) groups excluding carboxylic acids is 3. The third-order valence-corrected chi connectivity index (χ3v) is 3.91. The lowest BCUT2D eigenvalue weighted by Gasteiger charge is -2.18. The monoisotopic (exact) mass is 370 g/mol. The van der Waals surface area contributed by atoms with Gasteiger partial charge in [0, 0.05) is 25.7 Å². The quantitative estimate of drug-likeness (QED) is 0.731. The maximum Gasteiger partial charge on any atom is 0.407 e. The van der Waals surface area contributed by atoms with Gasteiger partial charge in [-0.2, -0.15) is 0 Å². The highest BCUT2D eigenvalue weighted by molar-refractivity contribution is 6.00. The number of hydrogen-bond donors (Lipinski definition) is 2. The lowest BCUT2D eigenvalue weighted by Crippen LogP contribution is -2.36. The van der Waals surface area contributed by atoms with E-state index in [1.807, 2.05) is 30.3 Å². The first kappa shape index (κ1) is 20.0. The third kappa shape index (κ3) is 5.85. The number of Topliss-reactive ketones (excluding diaryl/α,β-unsaturated/α-hetero) is 1. The van der Waals surface area contributed by atoms with E-state index < -0.39 is 12.0 Å². The summed E-state index contributed by atoms with van der Waals surface area (Å²) in [5.41, 5.74) is 1.30. The number of likely N-dealkylation sites (N-methyl/N-ethyl adjacent to an activating group) is 1. The highest BCUT2D eigenvalue weighted by Crippen LogP contribution is 2.20. The number of hydrogen-bond acceptors (Lipinski definition) is 5. The van der Waals surface area contributed by atoms with E-state index in [0.29, 0.717) is 5.56 Å². The molecule has 0 saturated carbocycles. The molecule has 0 aliphatic carbocycles. The molecule has 27 heavy (non-hydrogen) atoms. The minimum Gasteiger partial charge on any atom is -0.507 e. The van der Waals surface area contributed by atoms with Crippen LogP contribution in [0.25, 0.3) is 0 Å². The Labute approximate surface area is 157 Å². The Morgan fingerprint density at radius 2 is 1.81 bits per heavy atom. The van der Waals surface area contributed by atoms with Crippen LogP contribution in [-0.4, -0.2) is 47.9 Å². The Hall–Kier alpha value is -3.35. The molecule has 2 aromatic rings. The minimum atomic E-state index is -0.576. The molecule has 0 unspecified atom stereocenters. The second kappa shape index (κ2) is 9.38. The van der Waals surface area contributed by atoms with Crippen molar-refractivity contribution in [2.75, 3.05) is 20.1 Å². The molecule has 2 aromatic carbocycles. The smallest absolute Gasteiger partial charge is 0.407 e. The summed E-state index contributed by atoms with van der Waals surface area (Å²) in [6, 6.07) is 13.5. The van der Waals surface area contributed by atoms with Gasteiger partial charge in [0.1, 0.15) is 12.4 Å². The van der Waals surface area contributed by atoms with Crippen LogP contribution in [0.3, 0.4) is 0 Å². The van der Waals surface area contributed by atoms with E-state index in [1.54, 1.807) is 7.05 Å². The molecule has 142 valence electrons. The molecular weight excluding hydrogens is 348 g/mol. The van der Waals surface area contributed by atoms with Crippen molar-refractivity contribution in [3.8, 4) is 5.75 Å². The van der Waals surface area contributed by atoms with Gasteiger partial charge in [-0.3, -0.25) is 9.59 Å². The summed E-state index contributed by atoms with van der Waals surface area (Å²) in [5, 5.41) is 12.5. The van der Waals surface area contributed by atoms with Gasteiger partial charge in [0.2, 0.25) is 0 Å². The molecule has 0 aliphatic heterocycles. The average molecular weight is 370 g/mol. The predicted molar refractivity (Wildman–Crippen MR) is 99.7 cm³/mol. The van der Waals surface area contributed by atoms with E-state index in [-0.39, 0.29) is 36.8 Å². The number of benzene rings is 2. The molecular formula is C20H22N2O5.